The summed E-state index contributed by atoms with van der Waals surface area (Å²) in [5.74, 6) is -0.0878. The molecular formula is C14H17NO4S3. The molecule has 1 aromatic heterocycles. The summed E-state index contributed by atoms with van der Waals surface area (Å²) in [7, 11) is -7.13. The molecule has 0 unspecified atom stereocenters. The van der Waals surface area contributed by atoms with Gasteiger partial charge >= 0.3 is 0 Å². The van der Waals surface area contributed by atoms with E-state index in [1.54, 1.807) is 35.7 Å². The van der Waals surface area contributed by atoms with E-state index in [2.05, 4.69) is 4.72 Å². The number of nitrogens with one attached hydrogen (secondary N) is 1. The molecule has 0 spiro atoms. The molecule has 120 valence electrons. The minimum Gasteiger partial charge on any atom is -0.223 e. The number of hydrogen-bond acceptors (Lipinski definition) is 5. The van der Waals surface area contributed by atoms with Gasteiger partial charge in [0.2, 0.25) is 10.0 Å². The van der Waals surface area contributed by atoms with Gasteiger partial charge in [-0.05, 0) is 30.5 Å². The maximum absolute atomic E-state index is 12.8. The summed E-state index contributed by atoms with van der Waals surface area (Å²) in [5, 5.41) is 0.841. The number of thiophene rings is 1. The van der Waals surface area contributed by atoms with Crippen LogP contribution in [-0.4, -0.2) is 29.1 Å². The van der Waals surface area contributed by atoms with Crippen molar-refractivity contribution in [3.05, 3.63) is 52.7 Å². The molecule has 8 heteroatoms. The van der Waals surface area contributed by atoms with Crippen molar-refractivity contribution >= 4 is 31.2 Å². The van der Waals surface area contributed by atoms with E-state index < -0.39 is 25.1 Å². The van der Waals surface area contributed by atoms with Crippen molar-refractivity contribution in [3.63, 3.8) is 0 Å². The molecule has 2 rings (SSSR count). The molecule has 0 amide bonds. The largest absolute Gasteiger partial charge is 0.223 e. The Hall–Kier alpha value is -1.22. The third-order valence-electron chi connectivity index (χ3n) is 3.18. The van der Waals surface area contributed by atoms with Gasteiger partial charge in [0.15, 0.2) is 9.84 Å². The first-order chi connectivity index (χ1) is 10.4. The summed E-state index contributed by atoms with van der Waals surface area (Å²) < 4.78 is 51.3. The molecule has 0 fully saturated rings. The van der Waals surface area contributed by atoms with Crippen LogP contribution in [0.1, 0.15) is 17.1 Å². The standard InChI is InChI=1S/C14H17NO4S3/c1-2-21(16,17)15-11-14(13-9-6-10-20-13)22(18,19)12-7-4-3-5-8-12/h3-10,14-15H,2,11H2,1H3/t14-/m1/s1. The van der Waals surface area contributed by atoms with Crippen LogP contribution in [0.3, 0.4) is 0 Å². The second kappa shape index (κ2) is 6.91. The average Bonchev–Trinajstić information content (AvgIpc) is 3.02. The molecule has 2 aromatic rings. The van der Waals surface area contributed by atoms with E-state index in [1.807, 2.05) is 0 Å². The summed E-state index contributed by atoms with van der Waals surface area (Å²) in [6.45, 7) is 1.34. The zero-order valence-electron chi connectivity index (χ0n) is 12.0. The van der Waals surface area contributed by atoms with Gasteiger partial charge in [0.25, 0.3) is 0 Å². The fourth-order valence-electron chi connectivity index (χ4n) is 1.92. The highest BCUT2D eigenvalue weighted by atomic mass is 32.2. The Morgan fingerprint density at radius 1 is 1.05 bits per heavy atom. The molecule has 0 radical (unpaired) electrons. The Bertz CT molecular complexity index is 797. The minimum atomic E-state index is -3.67. The van der Waals surface area contributed by atoms with E-state index >= 15 is 0 Å². The van der Waals surface area contributed by atoms with E-state index in [-0.39, 0.29) is 17.2 Å². The van der Waals surface area contributed by atoms with E-state index in [0.717, 1.165) is 0 Å². The monoisotopic (exact) mass is 359 g/mol. The van der Waals surface area contributed by atoms with E-state index in [4.69, 9.17) is 0 Å². The molecule has 1 atom stereocenters. The predicted molar refractivity (Wildman–Crippen MR) is 88.2 cm³/mol. The van der Waals surface area contributed by atoms with Crippen LogP contribution >= 0.6 is 11.3 Å². The first-order valence-corrected chi connectivity index (χ1v) is 10.7. The van der Waals surface area contributed by atoms with Gasteiger partial charge in [-0.3, -0.25) is 0 Å². The third kappa shape index (κ3) is 3.95. The van der Waals surface area contributed by atoms with Gasteiger partial charge in [-0.15, -0.1) is 11.3 Å². The molecule has 1 aromatic carbocycles. The lowest BCUT2D eigenvalue weighted by atomic mass is 10.3. The van der Waals surface area contributed by atoms with Gasteiger partial charge in [-0.1, -0.05) is 24.3 Å². The highest BCUT2D eigenvalue weighted by Gasteiger charge is 2.30. The van der Waals surface area contributed by atoms with Gasteiger partial charge < -0.3 is 0 Å². The molecule has 1 heterocycles. The van der Waals surface area contributed by atoms with Crippen LogP contribution in [0.4, 0.5) is 0 Å². The number of sulfonamides is 1. The Balaban J connectivity index is 2.38. The zero-order valence-corrected chi connectivity index (χ0v) is 14.4. The van der Waals surface area contributed by atoms with E-state index in [0.29, 0.717) is 4.88 Å². The van der Waals surface area contributed by atoms with E-state index in [1.165, 1.54) is 30.4 Å². The van der Waals surface area contributed by atoms with Crippen LogP contribution in [0.2, 0.25) is 0 Å². The van der Waals surface area contributed by atoms with Gasteiger partial charge in [0, 0.05) is 11.4 Å². The molecule has 22 heavy (non-hydrogen) atoms. The number of sulfone groups is 1. The molecule has 0 aliphatic carbocycles. The van der Waals surface area contributed by atoms with Gasteiger partial charge in [-0.2, -0.15) is 0 Å². The van der Waals surface area contributed by atoms with Crippen molar-refractivity contribution in [2.24, 2.45) is 0 Å². The van der Waals surface area contributed by atoms with Crippen LogP contribution in [0.25, 0.3) is 0 Å². The fourth-order valence-corrected chi connectivity index (χ4v) is 5.45. The SMILES string of the molecule is CCS(=O)(=O)NC[C@H](c1cccs1)S(=O)(=O)c1ccccc1. The lowest BCUT2D eigenvalue weighted by Gasteiger charge is -2.17. The normalized spacial score (nSPS) is 13.9. The van der Waals surface area contributed by atoms with Crippen molar-refractivity contribution in [2.75, 3.05) is 12.3 Å². The van der Waals surface area contributed by atoms with E-state index in [9.17, 15) is 16.8 Å². The number of benzene rings is 1. The van der Waals surface area contributed by atoms with Crippen molar-refractivity contribution < 1.29 is 16.8 Å². The van der Waals surface area contributed by atoms with Crippen molar-refractivity contribution in [1.29, 1.82) is 0 Å². The Morgan fingerprint density at radius 3 is 2.27 bits per heavy atom. The smallest absolute Gasteiger partial charge is 0.211 e. The number of rotatable bonds is 7. The molecule has 0 aliphatic rings. The lowest BCUT2D eigenvalue weighted by Crippen LogP contribution is -2.32. The highest BCUT2D eigenvalue weighted by molar-refractivity contribution is 7.92. The Morgan fingerprint density at radius 2 is 1.73 bits per heavy atom. The first kappa shape index (κ1) is 17.1. The molecule has 0 aliphatic heterocycles. The molecule has 5 nitrogen and oxygen atoms in total. The average molecular weight is 359 g/mol. The summed E-state index contributed by atoms with van der Waals surface area (Å²) >= 11 is 1.30. The summed E-state index contributed by atoms with van der Waals surface area (Å²) in [6, 6.07) is 11.5. The highest BCUT2D eigenvalue weighted by Crippen LogP contribution is 2.31. The van der Waals surface area contributed by atoms with Crippen LogP contribution in [0, 0.1) is 0 Å². The fraction of sp³-hybridized carbons (Fsp3) is 0.286. The van der Waals surface area contributed by atoms with Crippen LogP contribution in [0.15, 0.2) is 52.7 Å². The molecule has 0 saturated heterocycles. The summed E-state index contributed by atoms with van der Waals surface area (Å²) in [4.78, 5) is 0.798. The Kier molecular flexibility index (Phi) is 5.38. The molecule has 0 bridgehead atoms. The second-order valence-corrected chi connectivity index (χ2v) is 9.82. The number of hydrogen-bond donors (Lipinski definition) is 1. The predicted octanol–water partition coefficient (Wildman–Crippen LogP) is 2.20. The van der Waals surface area contributed by atoms with Gasteiger partial charge in [0.05, 0.1) is 10.6 Å². The van der Waals surface area contributed by atoms with Crippen LogP contribution in [-0.2, 0) is 19.9 Å². The van der Waals surface area contributed by atoms with Crippen LogP contribution in [0.5, 0.6) is 0 Å². The topological polar surface area (TPSA) is 80.3 Å². The van der Waals surface area contributed by atoms with Gasteiger partial charge in [0.1, 0.15) is 5.25 Å². The zero-order chi connectivity index (χ0) is 16.2. The third-order valence-corrected chi connectivity index (χ3v) is 7.78. The summed E-state index contributed by atoms with van der Waals surface area (Å²) in [6.07, 6.45) is 0. The summed E-state index contributed by atoms with van der Waals surface area (Å²) in [5.41, 5.74) is 0. The van der Waals surface area contributed by atoms with Gasteiger partial charge in [-0.25, -0.2) is 21.6 Å². The van der Waals surface area contributed by atoms with Crippen LogP contribution < -0.4 is 4.72 Å². The maximum atomic E-state index is 12.8. The quantitative estimate of drug-likeness (QED) is 0.822. The molecule has 1 N–H and O–H groups in total. The van der Waals surface area contributed by atoms with Crippen molar-refractivity contribution in [1.82, 2.24) is 4.72 Å². The molecular weight excluding hydrogens is 342 g/mol. The lowest BCUT2D eigenvalue weighted by molar-refractivity contribution is 0.570. The second-order valence-electron chi connectivity index (χ2n) is 4.61. The maximum Gasteiger partial charge on any atom is 0.211 e. The molecule has 0 saturated carbocycles. The minimum absolute atomic E-state index is 0.0878. The van der Waals surface area contributed by atoms with Crippen molar-refractivity contribution in [3.8, 4) is 0 Å². The Labute approximate surface area is 135 Å². The van der Waals surface area contributed by atoms with Crippen molar-refractivity contribution in [2.45, 2.75) is 17.1 Å². The first-order valence-electron chi connectivity index (χ1n) is 6.66.